The van der Waals surface area contributed by atoms with Crippen LogP contribution < -0.4 is 24.8 Å². The molecule has 1 radical (unpaired) electrons. The maximum atomic E-state index is 11.1. The quantitative estimate of drug-likeness (QED) is 0.403. The fourth-order valence-corrected chi connectivity index (χ4v) is 4.45. The minimum Gasteiger partial charge on any atom is -1.00 e. The van der Waals surface area contributed by atoms with Crippen LogP contribution in [0.2, 0.25) is 12.1 Å². The van der Waals surface area contributed by atoms with Crippen molar-refractivity contribution in [2.45, 2.75) is 124 Å². The SMILES string of the molecule is CC1=[C-]C(C)C(C)=C1C.CC[SiH]CC.[Cl-].[Cl-].[NH-]C(=O)C1CCCCCCCCCCC1.[Ti+4]. The Morgan fingerprint density at radius 3 is 1.44 bits per heavy atom. The molecule has 0 aromatic carbocycles. The van der Waals surface area contributed by atoms with Gasteiger partial charge in [0.1, 0.15) is 0 Å². The second-order valence-electron chi connectivity index (χ2n) is 8.72. The first-order valence-corrected chi connectivity index (χ1v) is 13.8. The smallest absolute Gasteiger partial charge is 1.00 e. The minimum absolute atomic E-state index is 0. The molecule has 1 saturated carbocycles. The van der Waals surface area contributed by atoms with Gasteiger partial charge in [0.25, 0.3) is 0 Å². The second-order valence-corrected chi connectivity index (χ2v) is 10.9. The maximum Gasteiger partial charge on any atom is 4.00 e. The van der Waals surface area contributed by atoms with Crippen LogP contribution in [0.15, 0.2) is 16.7 Å². The van der Waals surface area contributed by atoms with Gasteiger partial charge in [0.05, 0.1) is 5.91 Å². The number of nitrogens with one attached hydrogen (secondary N) is 1. The topological polar surface area (TPSA) is 40.9 Å². The van der Waals surface area contributed by atoms with Crippen LogP contribution in [0.3, 0.4) is 0 Å². The van der Waals surface area contributed by atoms with E-state index in [1.54, 1.807) is 0 Å². The van der Waals surface area contributed by atoms with Crippen molar-refractivity contribution in [1.82, 2.24) is 0 Å². The Morgan fingerprint density at radius 2 is 1.25 bits per heavy atom. The predicted molar refractivity (Wildman–Crippen MR) is 132 cm³/mol. The fraction of sp³-hybridized carbons (Fsp3) is 0.808. The van der Waals surface area contributed by atoms with Crippen LogP contribution in [-0.4, -0.2) is 15.4 Å². The van der Waals surface area contributed by atoms with Gasteiger partial charge in [-0.3, -0.25) is 6.08 Å². The molecular formula is C26H48Cl2NOSiTi. The molecule has 0 heterocycles. The molecule has 0 bridgehead atoms. The van der Waals surface area contributed by atoms with E-state index in [9.17, 15) is 4.79 Å². The number of allylic oxidation sites excluding steroid dienone is 4. The number of rotatable bonds is 3. The molecule has 1 fully saturated rings. The van der Waals surface area contributed by atoms with Gasteiger partial charge in [-0.15, -0.1) is 6.92 Å². The molecule has 0 spiro atoms. The van der Waals surface area contributed by atoms with E-state index < -0.39 is 0 Å². The van der Waals surface area contributed by atoms with E-state index in [-0.39, 0.29) is 58.4 Å². The molecule has 1 atom stereocenters. The zero-order valence-corrected chi connectivity index (χ0v) is 25.8. The average Bonchev–Trinajstić information content (AvgIpc) is 2.89. The predicted octanol–water partition coefficient (Wildman–Crippen LogP) is 2.51. The van der Waals surface area contributed by atoms with Gasteiger partial charge < -0.3 is 35.3 Å². The van der Waals surface area contributed by atoms with Crippen molar-refractivity contribution in [2.75, 3.05) is 0 Å². The van der Waals surface area contributed by atoms with Crippen molar-refractivity contribution in [3.63, 3.8) is 0 Å². The Bertz CT molecular complexity index is 498. The molecule has 185 valence electrons. The zero-order chi connectivity index (χ0) is 22.1. The van der Waals surface area contributed by atoms with Crippen molar-refractivity contribution in [3.05, 3.63) is 28.5 Å². The molecule has 1 N–H and O–H groups in total. The summed E-state index contributed by atoms with van der Waals surface area (Å²) in [7, 11) is 0.815. The molecule has 32 heavy (non-hydrogen) atoms. The minimum atomic E-state index is -0.327. The normalized spacial score (nSPS) is 19.6. The average molecular weight is 538 g/mol. The van der Waals surface area contributed by atoms with Gasteiger partial charge in [0.15, 0.2) is 0 Å². The van der Waals surface area contributed by atoms with Crippen molar-refractivity contribution in [1.29, 1.82) is 0 Å². The molecule has 0 saturated heterocycles. The summed E-state index contributed by atoms with van der Waals surface area (Å²) < 4.78 is 0. The molecule has 0 aromatic heterocycles. The van der Waals surface area contributed by atoms with Crippen LogP contribution in [0.25, 0.3) is 5.73 Å². The van der Waals surface area contributed by atoms with E-state index in [0.29, 0.717) is 5.92 Å². The molecule has 2 rings (SSSR count). The third kappa shape index (κ3) is 19.9. The van der Waals surface area contributed by atoms with Gasteiger partial charge >= 0.3 is 21.7 Å². The molecular weight excluding hydrogens is 489 g/mol. The first-order chi connectivity index (χ1) is 13.8. The summed E-state index contributed by atoms with van der Waals surface area (Å²) in [6.45, 7) is 13.2. The number of carbonyl (C=O) groups excluding carboxylic acids is 1. The number of hydrogen-bond donors (Lipinski definition) is 0. The summed E-state index contributed by atoms with van der Waals surface area (Å²) in [4.78, 5) is 11.1. The van der Waals surface area contributed by atoms with E-state index in [1.165, 1.54) is 73.8 Å². The van der Waals surface area contributed by atoms with Gasteiger partial charge in [0, 0.05) is 15.4 Å². The van der Waals surface area contributed by atoms with Crippen molar-refractivity contribution >= 4 is 15.4 Å². The van der Waals surface area contributed by atoms with Crippen LogP contribution in [0, 0.1) is 17.9 Å². The molecule has 2 aliphatic carbocycles. The largest absolute Gasteiger partial charge is 4.00 e. The van der Waals surface area contributed by atoms with Crippen LogP contribution in [-0.2, 0) is 26.5 Å². The number of carbonyl (C=O) groups is 1. The van der Waals surface area contributed by atoms with Crippen LogP contribution in [0.5, 0.6) is 0 Å². The second kappa shape index (κ2) is 26.1. The summed E-state index contributed by atoms with van der Waals surface area (Å²) in [5.41, 5.74) is 11.5. The Kier molecular flexibility index (Phi) is 32.3. The summed E-state index contributed by atoms with van der Waals surface area (Å²) >= 11 is 0. The van der Waals surface area contributed by atoms with Crippen LogP contribution in [0.4, 0.5) is 0 Å². The molecule has 6 heteroatoms. The third-order valence-electron chi connectivity index (χ3n) is 6.29. The van der Waals surface area contributed by atoms with Crippen LogP contribution >= 0.6 is 0 Å². The molecule has 2 nitrogen and oxygen atoms in total. The van der Waals surface area contributed by atoms with Crippen molar-refractivity contribution < 1.29 is 51.3 Å². The van der Waals surface area contributed by atoms with E-state index in [0.717, 1.165) is 35.2 Å². The summed E-state index contributed by atoms with van der Waals surface area (Å²) in [5, 5.41) is 0. The fourth-order valence-electron chi connectivity index (χ4n) is 3.88. The Morgan fingerprint density at radius 1 is 0.875 bits per heavy atom. The van der Waals surface area contributed by atoms with Gasteiger partial charge in [-0.25, -0.2) is 5.57 Å². The molecule has 2 aliphatic rings. The van der Waals surface area contributed by atoms with Crippen molar-refractivity contribution in [3.8, 4) is 0 Å². The molecule has 0 aliphatic heterocycles. The van der Waals surface area contributed by atoms with Gasteiger partial charge in [-0.2, -0.15) is 11.1 Å². The monoisotopic (exact) mass is 536 g/mol. The molecule has 1 amide bonds. The van der Waals surface area contributed by atoms with E-state index in [2.05, 4.69) is 47.6 Å². The molecule has 0 aromatic rings. The summed E-state index contributed by atoms with van der Waals surface area (Å²) in [6.07, 6.45) is 16.8. The van der Waals surface area contributed by atoms with E-state index >= 15 is 0 Å². The number of amides is 1. The Labute approximate surface area is 230 Å². The number of hydrogen-bond acceptors (Lipinski definition) is 1. The zero-order valence-electron chi connectivity index (χ0n) is 21.6. The third-order valence-corrected chi connectivity index (χ3v) is 7.44. The Hall–Kier alpha value is 0.461. The van der Waals surface area contributed by atoms with Gasteiger partial charge in [0.2, 0.25) is 0 Å². The Balaban J connectivity index is -0.000000199. The maximum absolute atomic E-state index is 11.1. The van der Waals surface area contributed by atoms with E-state index in [1.807, 2.05) is 0 Å². The van der Waals surface area contributed by atoms with E-state index in [4.69, 9.17) is 5.73 Å². The first kappa shape index (κ1) is 39.7. The number of halogens is 2. The first-order valence-electron chi connectivity index (χ1n) is 12.2. The van der Waals surface area contributed by atoms with Crippen LogP contribution in [0.1, 0.15) is 112 Å². The van der Waals surface area contributed by atoms with Crippen molar-refractivity contribution in [2.24, 2.45) is 11.8 Å². The summed E-state index contributed by atoms with van der Waals surface area (Å²) in [6, 6.07) is 2.85. The molecule has 1 unspecified atom stereocenters. The van der Waals surface area contributed by atoms with Gasteiger partial charge in [-0.1, -0.05) is 110 Å². The van der Waals surface area contributed by atoms with Gasteiger partial charge in [-0.05, 0) is 12.8 Å². The summed E-state index contributed by atoms with van der Waals surface area (Å²) in [5.74, 6) is 0.279. The standard InChI is InChI=1S/C13H25NO.C9H13.C4H11Si.2ClH.Ti/c14-13(15)12-10-8-6-4-2-1-3-5-7-9-11-12;1-6-5-7(2)9(4)8(6)3;1-3-5-4-2;;;/h12H,1-11H2,(H2,14,15);6H,1-4H3;5H,3-4H2,1-2H3;2*1H;/q;-1;;;;+4/p-3.